The van der Waals surface area contributed by atoms with E-state index in [2.05, 4.69) is 29.3 Å². The number of benzene rings is 3. The molecule has 0 N–H and O–H groups in total. The molecule has 30 heavy (non-hydrogen) atoms. The Morgan fingerprint density at radius 1 is 0.900 bits per heavy atom. The summed E-state index contributed by atoms with van der Waals surface area (Å²) in [5.41, 5.74) is 3.85. The number of fused-ring (bicyclic) bond motifs is 1. The van der Waals surface area contributed by atoms with Crippen LogP contribution in [0, 0.1) is 0 Å². The molecule has 0 fully saturated rings. The molecule has 3 aromatic carbocycles. The molecule has 0 aliphatic carbocycles. The highest BCUT2D eigenvalue weighted by atomic mass is 16.4. The lowest BCUT2D eigenvalue weighted by Gasteiger charge is -2.07. The maximum atomic E-state index is 11.4. The van der Waals surface area contributed by atoms with Crippen molar-refractivity contribution in [1.29, 1.82) is 0 Å². The van der Waals surface area contributed by atoms with Gasteiger partial charge >= 0.3 is 0 Å². The van der Waals surface area contributed by atoms with Crippen molar-refractivity contribution in [2.45, 2.75) is 32.6 Å². The van der Waals surface area contributed by atoms with E-state index in [1.54, 1.807) is 6.07 Å². The fourth-order valence-corrected chi connectivity index (χ4v) is 3.68. The normalized spacial score (nSPS) is 11.7. The molecule has 0 unspecified atom stereocenters. The predicted molar refractivity (Wildman–Crippen MR) is 121 cm³/mol. The standard InChI is InChI=1S/C26H24N2O2/c1-2-3-5-12-20(19-10-6-4-7-11-19)17-25-27-28-26(30-25)24-16-15-21(18-29)22-13-8-9-14-23(22)24/h4,6-11,13-18H,2-3,5,12H2,1H3/b20-17+. The van der Waals surface area contributed by atoms with Crippen molar-refractivity contribution >= 4 is 28.7 Å². The van der Waals surface area contributed by atoms with Crippen LogP contribution in [-0.4, -0.2) is 16.5 Å². The van der Waals surface area contributed by atoms with Crippen molar-refractivity contribution in [3.05, 3.63) is 83.7 Å². The highest BCUT2D eigenvalue weighted by Gasteiger charge is 2.13. The summed E-state index contributed by atoms with van der Waals surface area (Å²) in [7, 11) is 0. The summed E-state index contributed by atoms with van der Waals surface area (Å²) in [6, 6.07) is 21.8. The third-order valence-electron chi connectivity index (χ3n) is 5.25. The minimum absolute atomic E-state index is 0.455. The molecule has 150 valence electrons. The number of aromatic nitrogens is 2. The van der Waals surface area contributed by atoms with E-state index in [0.717, 1.165) is 35.5 Å². The van der Waals surface area contributed by atoms with Gasteiger partial charge in [-0.05, 0) is 40.8 Å². The fraction of sp³-hybridized carbons (Fsp3) is 0.192. The average Bonchev–Trinajstić information content (AvgIpc) is 3.26. The average molecular weight is 396 g/mol. The Morgan fingerprint density at radius 2 is 1.67 bits per heavy atom. The van der Waals surface area contributed by atoms with Gasteiger partial charge in [0, 0.05) is 17.2 Å². The first kappa shape index (κ1) is 19.8. The van der Waals surface area contributed by atoms with E-state index in [4.69, 9.17) is 4.42 Å². The van der Waals surface area contributed by atoms with E-state index < -0.39 is 0 Å². The molecule has 0 saturated carbocycles. The summed E-state index contributed by atoms with van der Waals surface area (Å²) in [6.45, 7) is 2.20. The van der Waals surface area contributed by atoms with Gasteiger partial charge in [0.2, 0.25) is 11.8 Å². The highest BCUT2D eigenvalue weighted by molar-refractivity contribution is 6.04. The van der Waals surface area contributed by atoms with Crippen LogP contribution in [0.1, 0.15) is 54.4 Å². The van der Waals surface area contributed by atoms with Crippen molar-refractivity contribution in [1.82, 2.24) is 10.2 Å². The summed E-state index contributed by atoms with van der Waals surface area (Å²) in [6.07, 6.45) is 7.31. The minimum atomic E-state index is 0.455. The zero-order valence-corrected chi connectivity index (χ0v) is 17.0. The minimum Gasteiger partial charge on any atom is -0.417 e. The number of carbonyl (C=O) groups excluding carboxylic acids is 1. The molecule has 0 spiro atoms. The van der Waals surface area contributed by atoms with Crippen LogP contribution in [0.4, 0.5) is 0 Å². The summed E-state index contributed by atoms with van der Waals surface area (Å²) in [4.78, 5) is 11.4. The van der Waals surface area contributed by atoms with Crippen LogP contribution in [0.15, 0.2) is 71.1 Å². The van der Waals surface area contributed by atoms with Crippen molar-refractivity contribution < 1.29 is 9.21 Å². The zero-order chi connectivity index (χ0) is 20.8. The van der Waals surface area contributed by atoms with Gasteiger partial charge in [-0.3, -0.25) is 4.79 Å². The lowest BCUT2D eigenvalue weighted by Crippen LogP contribution is -1.87. The Hall–Kier alpha value is -3.53. The van der Waals surface area contributed by atoms with E-state index >= 15 is 0 Å². The number of aldehydes is 1. The second-order valence-corrected chi connectivity index (χ2v) is 7.30. The van der Waals surface area contributed by atoms with Crippen molar-refractivity contribution in [2.24, 2.45) is 0 Å². The molecular weight excluding hydrogens is 372 g/mol. The van der Waals surface area contributed by atoms with Gasteiger partial charge in [-0.25, -0.2) is 0 Å². The van der Waals surface area contributed by atoms with E-state index in [-0.39, 0.29) is 0 Å². The van der Waals surface area contributed by atoms with Crippen molar-refractivity contribution in [3.63, 3.8) is 0 Å². The molecular formula is C26H24N2O2. The van der Waals surface area contributed by atoms with Gasteiger partial charge in [0.1, 0.15) is 0 Å². The molecule has 4 nitrogen and oxygen atoms in total. The van der Waals surface area contributed by atoms with E-state index in [1.807, 2.05) is 54.6 Å². The van der Waals surface area contributed by atoms with Crippen LogP contribution in [-0.2, 0) is 0 Å². The summed E-state index contributed by atoms with van der Waals surface area (Å²) in [5, 5.41) is 10.4. The van der Waals surface area contributed by atoms with Crippen LogP contribution in [0.25, 0.3) is 33.9 Å². The monoisotopic (exact) mass is 396 g/mol. The molecule has 0 aliphatic rings. The molecule has 0 atom stereocenters. The Balaban J connectivity index is 1.71. The predicted octanol–water partition coefficient (Wildman–Crippen LogP) is 6.82. The Kier molecular flexibility index (Phi) is 6.14. The molecule has 1 heterocycles. The fourth-order valence-electron chi connectivity index (χ4n) is 3.68. The first-order valence-electron chi connectivity index (χ1n) is 10.4. The van der Waals surface area contributed by atoms with Crippen LogP contribution < -0.4 is 0 Å². The molecule has 0 radical (unpaired) electrons. The summed E-state index contributed by atoms with van der Waals surface area (Å²) in [5.74, 6) is 0.944. The van der Waals surface area contributed by atoms with E-state index in [9.17, 15) is 4.79 Å². The van der Waals surface area contributed by atoms with Crippen LogP contribution in [0.5, 0.6) is 0 Å². The van der Waals surface area contributed by atoms with Gasteiger partial charge in [0.25, 0.3) is 0 Å². The highest BCUT2D eigenvalue weighted by Crippen LogP contribution is 2.31. The van der Waals surface area contributed by atoms with Gasteiger partial charge in [-0.1, -0.05) is 80.4 Å². The van der Waals surface area contributed by atoms with Gasteiger partial charge in [-0.15, -0.1) is 10.2 Å². The van der Waals surface area contributed by atoms with E-state index in [0.29, 0.717) is 17.3 Å². The maximum absolute atomic E-state index is 11.4. The van der Waals surface area contributed by atoms with Gasteiger partial charge in [0.05, 0.1) is 0 Å². The Morgan fingerprint density at radius 3 is 2.43 bits per heavy atom. The molecule has 4 heteroatoms. The van der Waals surface area contributed by atoms with Crippen LogP contribution >= 0.6 is 0 Å². The number of nitrogens with zero attached hydrogens (tertiary/aromatic N) is 2. The van der Waals surface area contributed by atoms with Gasteiger partial charge in [0.15, 0.2) is 6.29 Å². The molecule has 0 saturated heterocycles. The van der Waals surface area contributed by atoms with Gasteiger partial charge < -0.3 is 4.42 Å². The van der Waals surface area contributed by atoms with Gasteiger partial charge in [-0.2, -0.15) is 0 Å². The molecule has 0 aliphatic heterocycles. The number of rotatable bonds is 8. The summed E-state index contributed by atoms with van der Waals surface area (Å²) < 4.78 is 6.02. The van der Waals surface area contributed by atoms with Crippen molar-refractivity contribution in [2.75, 3.05) is 0 Å². The SMILES string of the molecule is CCCCC/C(=C\c1nnc(-c2ccc(C=O)c3ccccc23)o1)c1ccccc1. The van der Waals surface area contributed by atoms with E-state index in [1.165, 1.54) is 24.0 Å². The van der Waals surface area contributed by atoms with Crippen LogP contribution in [0.3, 0.4) is 0 Å². The molecule has 1 aromatic heterocycles. The third kappa shape index (κ3) is 4.23. The quantitative estimate of drug-likeness (QED) is 0.242. The second kappa shape index (κ2) is 9.31. The maximum Gasteiger partial charge on any atom is 0.248 e. The summed E-state index contributed by atoms with van der Waals surface area (Å²) >= 11 is 0. The lowest BCUT2D eigenvalue weighted by atomic mass is 9.99. The smallest absolute Gasteiger partial charge is 0.248 e. The molecule has 0 bridgehead atoms. The molecule has 4 rings (SSSR count). The molecule has 4 aromatic rings. The third-order valence-corrected chi connectivity index (χ3v) is 5.25. The Labute approximate surface area is 176 Å². The number of hydrogen-bond acceptors (Lipinski definition) is 4. The number of carbonyl (C=O) groups is 1. The Bertz CT molecular complexity index is 1180. The largest absolute Gasteiger partial charge is 0.417 e. The number of allylic oxidation sites excluding steroid dienone is 1. The number of hydrogen-bond donors (Lipinski definition) is 0. The first-order chi connectivity index (χ1) is 14.8. The van der Waals surface area contributed by atoms with Crippen molar-refractivity contribution in [3.8, 4) is 11.5 Å². The number of unbranched alkanes of at least 4 members (excludes halogenated alkanes) is 2. The van der Waals surface area contributed by atoms with Crippen LogP contribution in [0.2, 0.25) is 0 Å². The lowest BCUT2D eigenvalue weighted by molar-refractivity contribution is 0.112. The second-order valence-electron chi connectivity index (χ2n) is 7.30. The topological polar surface area (TPSA) is 56.0 Å². The molecule has 0 amide bonds. The first-order valence-corrected chi connectivity index (χ1v) is 10.4. The zero-order valence-electron chi connectivity index (χ0n) is 17.0.